The fraction of sp³-hybridized carbons (Fsp3) is 0.786. The lowest BCUT2D eigenvalue weighted by Gasteiger charge is -2.27. The van der Waals surface area contributed by atoms with Crippen molar-refractivity contribution in [3.05, 3.63) is 0 Å². The van der Waals surface area contributed by atoms with E-state index in [1.807, 2.05) is 0 Å². The first-order chi connectivity index (χ1) is 9.63. The molecule has 1 aliphatic heterocycles. The van der Waals surface area contributed by atoms with Crippen molar-refractivity contribution in [2.45, 2.75) is 45.6 Å². The number of aromatic nitrogens is 3. The van der Waals surface area contributed by atoms with Crippen LogP contribution in [0.1, 0.15) is 39.5 Å². The van der Waals surface area contributed by atoms with Gasteiger partial charge in [0, 0.05) is 25.7 Å². The molecule has 2 N–H and O–H groups in total. The van der Waals surface area contributed by atoms with E-state index in [9.17, 15) is 0 Å². The Balaban J connectivity index is 1.85. The quantitative estimate of drug-likeness (QED) is 0.882. The molecule has 2 heterocycles. The Labute approximate surface area is 120 Å². The normalized spacial score (nSPS) is 18.9. The third-order valence-corrected chi connectivity index (χ3v) is 4.05. The summed E-state index contributed by atoms with van der Waals surface area (Å²) in [5.41, 5.74) is 5.90. The average Bonchev–Trinajstić information content (AvgIpc) is 3.05. The van der Waals surface area contributed by atoms with Crippen LogP contribution < -0.4 is 15.5 Å². The molecule has 1 aromatic rings. The van der Waals surface area contributed by atoms with Gasteiger partial charge in [0.1, 0.15) is 0 Å². The fourth-order valence-corrected chi connectivity index (χ4v) is 2.66. The van der Waals surface area contributed by atoms with Gasteiger partial charge in [-0.25, -0.2) is 0 Å². The van der Waals surface area contributed by atoms with E-state index in [1.165, 1.54) is 25.7 Å². The van der Waals surface area contributed by atoms with E-state index in [0.29, 0.717) is 12.0 Å². The van der Waals surface area contributed by atoms with Gasteiger partial charge >= 0.3 is 0 Å². The molecule has 0 aromatic carbocycles. The van der Waals surface area contributed by atoms with Crippen LogP contribution in [-0.4, -0.2) is 40.6 Å². The highest BCUT2D eigenvalue weighted by molar-refractivity contribution is 5.44. The Morgan fingerprint density at radius 1 is 1.20 bits per heavy atom. The standard InChI is InChI=1S/C14H24N6/c1-10(2)20(9-11-5-6-11)14-17-12(15)16-13(18-14)19-7-3-4-8-19/h10-11H,3-9H2,1-2H3,(H2,15,16,17,18). The predicted molar refractivity (Wildman–Crippen MR) is 80.9 cm³/mol. The van der Waals surface area contributed by atoms with Gasteiger partial charge in [0.25, 0.3) is 0 Å². The molecule has 20 heavy (non-hydrogen) atoms. The Morgan fingerprint density at radius 3 is 2.50 bits per heavy atom. The summed E-state index contributed by atoms with van der Waals surface area (Å²) in [5, 5.41) is 0. The zero-order valence-electron chi connectivity index (χ0n) is 12.4. The smallest absolute Gasteiger partial charge is 0.232 e. The molecule has 6 heteroatoms. The third-order valence-electron chi connectivity index (χ3n) is 4.05. The van der Waals surface area contributed by atoms with Crippen LogP contribution in [0.3, 0.4) is 0 Å². The number of hydrogen-bond acceptors (Lipinski definition) is 6. The Morgan fingerprint density at radius 2 is 1.90 bits per heavy atom. The van der Waals surface area contributed by atoms with Crippen LogP contribution in [0.15, 0.2) is 0 Å². The summed E-state index contributed by atoms with van der Waals surface area (Å²) >= 11 is 0. The predicted octanol–water partition coefficient (Wildman–Crippen LogP) is 1.68. The van der Waals surface area contributed by atoms with E-state index < -0.39 is 0 Å². The number of rotatable bonds is 5. The molecule has 0 unspecified atom stereocenters. The maximum Gasteiger partial charge on any atom is 0.232 e. The van der Waals surface area contributed by atoms with E-state index in [1.54, 1.807) is 0 Å². The SMILES string of the molecule is CC(C)N(CC1CC1)c1nc(N)nc(N2CCCC2)n1. The Hall–Kier alpha value is -1.59. The van der Waals surface area contributed by atoms with E-state index in [0.717, 1.165) is 37.4 Å². The molecule has 0 bridgehead atoms. The zero-order valence-corrected chi connectivity index (χ0v) is 12.4. The van der Waals surface area contributed by atoms with Crippen LogP contribution in [0.4, 0.5) is 17.8 Å². The van der Waals surface area contributed by atoms with Crippen LogP contribution >= 0.6 is 0 Å². The molecule has 0 spiro atoms. The van der Waals surface area contributed by atoms with Crippen LogP contribution in [0, 0.1) is 5.92 Å². The van der Waals surface area contributed by atoms with Crippen LogP contribution in [-0.2, 0) is 0 Å². The maximum absolute atomic E-state index is 5.90. The van der Waals surface area contributed by atoms with Gasteiger partial charge in [0.05, 0.1) is 0 Å². The van der Waals surface area contributed by atoms with E-state index in [2.05, 4.69) is 38.6 Å². The van der Waals surface area contributed by atoms with Crippen molar-refractivity contribution in [1.29, 1.82) is 0 Å². The monoisotopic (exact) mass is 276 g/mol. The molecule has 2 aliphatic rings. The van der Waals surface area contributed by atoms with Crippen molar-refractivity contribution in [3.8, 4) is 0 Å². The van der Waals surface area contributed by atoms with E-state index in [4.69, 9.17) is 5.73 Å². The molecule has 110 valence electrons. The van der Waals surface area contributed by atoms with Gasteiger partial charge < -0.3 is 15.5 Å². The summed E-state index contributed by atoms with van der Waals surface area (Å²) in [6.07, 6.45) is 5.05. The first kappa shape index (κ1) is 13.4. The van der Waals surface area contributed by atoms with Crippen molar-refractivity contribution in [1.82, 2.24) is 15.0 Å². The van der Waals surface area contributed by atoms with Gasteiger partial charge in [-0.1, -0.05) is 0 Å². The second kappa shape index (κ2) is 5.42. The van der Waals surface area contributed by atoms with Crippen LogP contribution in [0.25, 0.3) is 0 Å². The molecule has 1 saturated carbocycles. The van der Waals surface area contributed by atoms with Crippen molar-refractivity contribution >= 4 is 17.8 Å². The van der Waals surface area contributed by atoms with Gasteiger partial charge in [-0.3, -0.25) is 0 Å². The molecule has 1 aromatic heterocycles. The van der Waals surface area contributed by atoms with Crippen molar-refractivity contribution in [2.24, 2.45) is 5.92 Å². The lowest BCUT2D eigenvalue weighted by molar-refractivity contribution is 0.625. The molecule has 6 nitrogen and oxygen atoms in total. The topological polar surface area (TPSA) is 71.2 Å². The number of anilines is 3. The van der Waals surface area contributed by atoms with Crippen molar-refractivity contribution < 1.29 is 0 Å². The number of nitrogens with zero attached hydrogens (tertiary/aromatic N) is 5. The number of nitrogen functional groups attached to an aromatic ring is 1. The maximum atomic E-state index is 5.90. The van der Waals surface area contributed by atoms with Crippen molar-refractivity contribution in [3.63, 3.8) is 0 Å². The molecule has 1 saturated heterocycles. The van der Waals surface area contributed by atoms with Crippen LogP contribution in [0.2, 0.25) is 0 Å². The summed E-state index contributed by atoms with van der Waals surface area (Å²) in [5.74, 6) is 2.61. The highest BCUT2D eigenvalue weighted by Crippen LogP contribution is 2.32. The second-order valence-electron chi connectivity index (χ2n) is 6.18. The van der Waals surface area contributed by atoms with Gasteiger partial charge in [0.15, 0.2) is 0 Å². The van der Waals surface area contributed by atoms with Crippen LogP contribution in [0.5, 0.6) is 0 Å². The minimum absolute atomic E-state index is 0.332. The minimum Gasteiger partial charge on any atom is -0.368 e. The summed E-state index contributed by atoms with van der Waals surface area (Å²) in [6.45, 7) is 7.43. The molecule has 0 atom stereocenters. The van der Waals surface area contributed by atoms with Gasteiger partial charge in [-0.05, 0) is 45.4 Å². The summed E-state index contributed by atoms with van der Waals surface area (Å²) < 4.78 is 0. The minimum atomic E-state index is 0.332. The van der Waals surface area contributed by atoms with E-state index >= 15 is 0 Å². The summed E-state index contributed by atoms with van der Waals surface area (Å²) in [7, 11) is 0. The Kier molecular flexibility index (Phi) is 3.63. The highest BCUT2D eigenvalue weighted by Gasteiger charge is 2.28. The summed E-state index contributed by atoms with van der Waals surface area (Å²) in [6, 6.07) is 0.379. The van der Waals surface area contributed by atoms with Gasteiger partial charge in [-0.15, -0.1) is 0 Å². The summed E-state index contributed by atoms with van der Waals surface area (Å²) in [4.78, 5) is 17.8. The molecule has 2 fully saturated rings. The van der Waals surface area contributed by atoms with Crippen molar-refractivity contribution in [2.75, 3.05) is 35.2 Å². The number of hydrogen-bond donors (Lipinski definition) is 1. The largest absolute Gasteiger partial charge is 0.368 e. The molecule has 1 aliphatic carbocycles. The molecule has 3 rings (SSSR count). The van der Waals surface area contributed by atoms with Gasteiger partial charge in [0.2, 0.25) is 17.8 Å². The lowest BCUT2D eigenvalue weighted by atomic mass is 10.3. The Bertz CT molecular complexity index is 465. The fourth-order valence-electron chi connectivity index (χ4n) is 2.66. The highest BCUT2D eigenvalue weighted by atomic mass is 15.4. The average molecular weight is 276 g/mol. The number of nitrogens with two attached hydrogens (primary N) is 1. The molecule has 0 amide bonds. The molecule has 0 radical (unpaired) electrons. The van der Waals surface area contributed by atoms with E-state index in [-0.39, 0.29) is 0 Å². The first-order valence-electron chi connectivity index (χ1n) is 7.66. The third kappa shape index (κ3) is 2.94. The zero-order chi connectivity index (χ0) is 14.1. The second-order valence-corrected chi connectivity index (χ2v) is 6.18. The lowest BCUT2D eigenvalue weighted by Crippen LogP contribution is -2.35. The first-order valence-corrected chi connectivity index (χ1v) is 7.66. The molecular formula is C14H24N6. The van der Waals surface area contributed by atoms with Gasteiger partial charge in [-0.2, -0.15) is 15.0 Å². The molecular weight excluding hydrogens is 252 g/mol.